The Bertz CT molecular complexity index is 659. The molecule has 1 rings (SSSR count). The van der Waals surface area contributed by atoms with Gasteiger partial charge in [-0.3, -0.25) is 14.9 Å². The van der Waals surface area contributed by atoms with Crippen LogP contribution in [0.25, 0.3) is 0 Å². The van der Waals surface area contributed by atoms with Crippen molar-refractivity contribution in [1.82, 2.24) is 10.3 Å². The summed E-state index contributed by atoms with van der Waals surface area (Å²) in [7, 11) is -1.72. The van der Waals surface area contributed by atoms with Gasteiger partial charge in [0.05, 0.1) is 16.2 Å². The van der Waals surface area contributed by atoms with Crippen molar-refractivity contribution in [2.75, 3.05) is 24.4 Å². The molecule has 1 atom stereocenters. The van der Waals surface area contributed by atoms with Crippen LogP contribution in [0.15, 0.2) is 12.3 Å². The molecule has 1 amide bonds. The minimum Gasteiger partial charge on any atom is -0.372 e. The third kappa shape index (κ3) is 4.99. The zero-order valence-electron chi connectivity index (χ0n) is 11.8. The molecule has 9 nitrogen and oxygen atoms in total. The number of pyridine rings is 1. The van der Waals surface area contributed by atoms with Gasteiger partial charge in [0.15, 0.2) is 0 Å². The van der Waals surface area contributed by atoms with Gasteiger partial charge >= 0.3 is 0 Å². The standard InChI is InChI=1S/C11H16N4O5S/c1-7(6-21(3,19)20)14-11(16)9-4-8(15(17)18)5-13-10(9)12-2/h4-5,7H,6H2,1-3H3,(H,12,13)(H,14,16). The summed E-state index contributed by atoms with van der Waals surface area (Å²) >= 11 is 0. The van der Waals surface area contributed by atoms with Crippen molar-refractivity contribution in [1.29, 1.82) is 0 Å². The molecule has 0 saturated heterocycles. The molecule has 0 saturated carbocycles. The summed E-state index contributed by atoms with van der Waals surface area (Å²) in [6.45, 7) is 1.53. The van der Waals surface area contributed by atoms with E-state index in [4.69, 9.17) is 0 Å². The molecule has 0 spiro atoms. The van der Waals surface area contributed by atoms with Gasteiger partial charge in [-0.15, -0.1) is 0 Å². The molecule has 0 radical (unpaired) electrons. The number of aromatic nitrogens is 1. The molecule has 21 heavy (non-hydrogen) atoms. The lowest BCUT2D eigenvalue weighted by Crippen LogP contribution is -2.37. The van der Waals surface area contributed by atoms with Gasteiger partial charge in [-0.05, 0) is 6.92 Å². The monoisotopic (exact) mass is 316 g/mol. The fraction of sp³-hybridized carbons (Fsp3) is 0.455. The van der Waals surface area contributed by atoms with Crippen LogP contribution < -0.4 is 10.6 Å². The molecule has 0 aliphatic rings. The van der Waals surface area contributed by atoms with Crippen molar-refractivity contribution < 1.29 is 18.1 Å². The van der Waals surface area contributed by atoms with Crippen LogP contribution in [0.4, 0.5) is 11.5 Å². The second-order valence-corrected chi connectivity index (χ2v) is 6.75. The van der Waals surface area contributed by atoms with Crippen LogP contribution in [0.5, 0.6) is 0 Å². The van der Waals surface area contributed by atoms with E-state index in [2.05, 4.69) is 15.6 Å². The number of nitro groups is 1. The number of hydrogen-bond donors (Lipinski definition) is 2. The molecule has 0 aromatic carbocycles. The van der Waals surface area contributed by atoms with Gasteiger partial charge < -0.3 is 10.6 Å². The van der Waals surface area contributed by atoms with Gasteiger partial charge in [0.2, 0.25) is 0 Å². The van der Waals surface area contributed by atoms with Gasteiger partial charge in [0, 0.05) is 25.4 Å². The highest BCUT2D eigenvalue weighted by atomic mass is 32.2. The topological polar surface area (TPSA) is 131 Å². The number of carbonyl (C=O) groups excluding carboxylic acids is 1. The molecule has 10 heteroatoms. The zero-order chi connectivity index (χ0) is 16.2. The SMILES string of the molecule is CNc1ncc([N+](=O)[O-])cc1C(=O)NC(C)CS(C)(=O)=O. The lowest BCUT2D eigenvalue weighted by Gasteiger charge is -2.14. The summed E-state index contributed by atoms with van der Waals surface area (Å²) in [5.41, 5.74) is -0.345. The van der Waals surface area contributed by atoms with Crippen LogP contribution in [-0.4, -0.2) is 49.3 Å². The average molecular weight is 316 g/mol. The Labute approximate surface area is 121 Å². The Morgan fingerprint density at radius 2 is 2.14 bits per heavy atom. The van der Waals surface area contributed by atoms with Crippen molar-refractivity contribution >= 4 is 27.2 Å². The minimum absolute atomic E-state index is 0.0212. The van der Waals surface area contributed by atoms with Gasteiger partial charge in [-0.1, -0.05) is 0 Å². The van der Waals surface area contributed by atoms with E-state index in [0.29, 0.717) is 0 Å². The molecule has 2 N–H and O–H groups in total. The highest BCUT2D eigenvalue weighted by Crippen LogP contribution is 2.18. The predicted molar refractivity (Wildman–Crippen MR) is 77.1 cm³/mol. The first-order chi connectivity index (χ1) is 9.64. The Hall–Kier alpha value is -2.23. The summed E-state index contributed by atoms with van der Waals surface area (Å²) in [5, 5.41) is 15.8. The van der Waals surface area contributed by atoms with Crippen molar-refractivity contribution in [2.24, 2.45) is 0 Å². The third-order valence-corrected chi connectivity index (χ3v) is 3.60. The molecular formula is C11H16N4O5S. The highest BCUT2D eigenvalue weighted by Gasteiger charge is 2.20. The number of rotatable bonds is 6. The van der Waals surface area contributed by atoms with Gasteiger partial charge in [-0.2, -0.15) is 0 Å². The normalized spacial score (nSPS) is 12.5. The minimum atomic E-state index is -3.24. The van der Waals surface area contributed by atoms with Crippen LogP contribution >= 0.6 is 0 Å². The number of nitrogens with zero attached hydrogens (tertiary/aromatic N) is 2. The Kier molecular flexibility index (Phi) is 5.19. The lowest BCUT2D eigenvalue weighted by molar-refractivity contribution is -0.385. The molecule has 0 aliphatic carbocycles. The first-order valence-electron chi connectivity index (χ1n) is 5.95. The summed E-state index contributed by atoms with van der Waals surface area (Å²) < 4.78 is 22.3. The number of sulfone groups is 1. The van der Waals surface area contributed by atoms with Crippen molar-refractivity contribution in [3.05, 3.63) is 27.9 Å². The summed E-state index contributed by atoms with van der Waals surface area (Å²) in [6.07, 6.45) is 2.09. The van der Waals surface area contributed by atoms with Gasteiger partial charge in [0.25, 0.3) is 11.6 Å². The Balaban J connectivity index is 3.00. The average Bonchev–Trinajstić information content (AvgIpc) is 2.35. The van der Waals surface area contributed by atoms with E-state index in [9.17, 15) is 23.3 Å². The summed E-state index contributed by atoms with van der Waals surface area (Å²) in [6, 6.07) is 0.456. The van der Waals surface area contributed by atoms with E-state index in [1.165, 1.54) is 14.0 Å². The second-order valence-electron chi connectivity index (χ2n) is 4.56. The smallest absolute Gasteiger partial charge is 0.288 e. The predicted octanol–water partition coefficient (Wildman–Crippen LogP) is 0.194. The first kappa shape index (κ1) is 16.8. The summed E-state index contributed by atoms with van der Waals surface area (Å²) in [4.78, 5) is 25.9. The molecule has 0 fully saturated rings. The van der Waals surface area contributed by atoms with Gasteiger partial charge in [-0.25, -0.2) is 13.4 Å². The fourth-order valence-electron chi connectivity index (χ4n) is 1.72. The largest absolute Gasteiger partial charge is 0.372 e. The Morgan fingerprint density at radius 3 is 2.62 bits per heavy atom. The Morgan fingerprint density at radius 1 is 1.52 bits per heavy atom. The van der Waals surface area contributed by atoms with Crippen LogP contribution in [0, 0.1) is 10.1 Å². The number of amides is 1. The summed E-state index contributed by atoms with van der Waals surface area (Å²) in [5.74, 6) is -0.688. The quantitative estimate of drug-likeness (QED) is 0.565. The molecule has 1 unspecified atom stereocenters. The number of nitrogens with one attached hydrogen (secondary N) is 2. The maximum atomic E-state index is 12.1. The maximum absolute atomic E-state index is 12.1. The van der Waals surface area contributed by atoms with E-state index in [1.54, 1.807) is 0 Å². The fourth-order valence-corrected chi connectivity index (χ4v) is 2.71. The molecule has 1 heterocycles. The van der Waals surface area contributed by atoms with Crippen LogP contribution in [-0.2, 0) is 9.84 Å². The zero-order valence-corrected chi connectivity index (χ0v) is 12.6. The van der Waals surface area contributed by atoms with Crippen LogP contribution in [0.2, 0.25) is 0 Å². The van der Waals surface area contributed by atoms with E-state index in [-0.39, 0.29) is 22.8 Å². The van der Waals surface area contributed by atoms with Crippen molar-refractivity contribution in [3.63, 3.8) is 0 Å². The van der Waals surface area contributed by atoms with E-state index >= 15 is 0 Å². The maximum Gasteiger partial charge on any atom is 0.288 e. The molecule has 0 bridgehead atoms. The lowest BCUT2D eigenvalue weighted by atomic mass is 10.2. The highest BCUT2D eigenvalue weighted by molar-refractivity contribution is 7.90. The molecule has 1 aromatic heterocycles. The van der Waals surface area contributed by atoms with Crippen molar-refractivity contribution in [3.8, 4) is 0 Å². The molecule has 0 aliphatic heterocycles. The number of hydrogen-bond acceptors (Lipinski definition) is 7. The third-order valence-electron chi connectivity index (χ3n) is 2.50. The first-order valence-corrected chi connectivity index (χ1v) is 8.01. The van der Waals surface area contributed by atoms with Crippen LogP contribution in [0.1, 0.15) is 17.3 Å². The van der Waals surface area contributed by atoms with Gasteiger partial charge in [0.1, 0.15) is 21.9 Å². The number of carbonyl (C=O) groups is 1. The van der Waals surface area contributed by atoms with E-state index < -0.39 is 26.7 Å². The van der Waals surface area contributed by atoms with Crippen LogP contribution in [0.3, 0.4) is 0 Å². The number of anilines is 1. The molecule has 1 aromatic rings. The second kappa shape index (κ2) is 6.48. The molecule has 116 valence electrons. The van der Waals surface area contributed by atoms with E-state index in [0.717, 1.165) is 18.5 Å². The van der Waals surface area contributed by atoms with Crippen molar-refractivity contribution in [2.45, 2.75) is 13.0 Å². The molecular weight excluding hydrogens is 300 g/mol. The van der Waals surface area contributed by atoms with E-state index in [1.807, 2.05) is 0 Å².